The van der Waals surface area contributed by atoms with Crippen molar-refractivity contribution in [2.45, 2.75) is 39.7 Å². The first kappa shape index (κ1) is 16.4. The first-order valence-corrected chi connectivity index (χ1v) is 8.32. The van der Waals surface area contributed by atoms with Gasteiger partial charge in [0.1, 0.15) is 5.82 Å². The summed E-state index contributed by atoms with van der Waals surface area (Å²) in [6, 6.07) is 4.77. The van der Waals surface area contributed by atoms with Crippen molar-refractivity contribution >= 4 is 22.9 Å². The van der Waals surface area contributed by atoms with Crippen molar-refractivity contribution in [1.82, 2.24) is 10.3 Å². The molecule has 1 unspecified atom stereocenters. The van der Waals surface area contributed by atoms with E-state index in [2.05, 4.69) is 17.2 Å². The number of nitrogens with one attached hydrogen (secondary N) is 1. The fourth-order valence-electron chi connectivity index (χ4n) is 2.35. The number of thiazole rings is 1. The molecular formula is C16H20ClFN2S. The lowest BCUT2D eigenvalue weighted by Crippen LogP contribution is -2.24. The average Bonchev–Trinajstić information content (AvgIpc) is 2.76. The molecule has 1 atom stereocenters. The van der Waals surface area contributed by atoms with E-state index in [1.165, 1.54) is 17.0 Å². The van der Waals surface area contributed by atoms with Crippen LogP contribution >= 0.6 is 22.9 Å². The molecule has 0 aliphatic heterocycles. The molecule has 0 fully saturated rings. The molecule has 114 valence electrons. The van der Waals surface area contributed by atoms with Gasteiger partial charge >= 0.3 is 0 Å². The Labute approximate surface area is 134 Å². The van der Waals surface area contributed by atoms with Gasteiger partial charge in [-0.05, 0) is 50.9 Å². The molecule has 2 rings (SSSR count). The van der Waals surface area contributed by atoms with Crippen molar-refractivity contribution in [3.63, 3.8) is 0 Å². The van der Waals surface area contributed by atoms with E-state index in [4.69, 9.17) is 11.6 Å². The van der Waals surface area contributed by atoms with Gasteiger partial charge in [-0.1, -0.05) is 24.6 Å². The highest BCUT2D eigenvalue weighted by Crippen LogP contribution is 2.30. The summed E-state index contributed by atoms with van der Waals surface area (Å²) >= 11 is 7.87. The second kappa shape index (κ2) is 7.34. The molecule has 0 aliphatic rings. The molecule has 0 saturated carbocycles. The molecule has 2 nitrogen and oxygen atoms in total. The summed E-state index contributed by atoms with van der Waals surface area (Å²) in [5, 5.41) is 5.10. The number of nitrogens with zero attached hydrogens (tertiary/aromatic N) is 1. The molecule has 1 heterocycles. The lowest BCUT2D eigenvalue weighted by atomic mass is 10.0. The minimum atomic E-state index is -0.299. The van der Waals surface area contributed by atoms with Crippen molar-refractivity contribution in [1.29, 1.82) is 0 Å². The van der Waals surface area contributed by atoms with Gasteiger partial charge in [0, 0.05) is 15.9 Å². The maximum atomic E-state index is 13.2. The van der Waals surface area contributed by atoms with Crippen LogP contribution < -0.4 is 5.32 Å². The van der Waals surface area contributed by atoms with Crippen molar-refractivity contribution in [3.05, 3.63) is 50.2 Å². The van der Waals surface area contributed by atoms with E-state index in [9.17, 15) is 4.39 Å². The van der Waals surface area contributed by atoms with Gasteiger partial charge in [0.2, 0.25) is 0 Å². The largest absolute Gasteiger partial charge is 0.309 e. The fraction of sp³-hybridized carbons (Fsp3) is 0.438. The van der Waals surface area contributed by atoms with Crippen LogP contribution in [0.15, 0.2) is 18.2 Å². The number of benzene rings is 1. The quantitative estimate of drug-likeness (QED) is 0.822. The summed E-state index contributed by atoms with van der Waals surface area (Å²) in [5.74, 6) is -0.299. The predicted octanol–water partition coefficient (Wildman–Crippen LogP) is 4.84. The van der Waals surface area contributed by atoms with Crippen LogP contribution in [0.25, 0.3) is 0 Å². The van der Waals surface area contributed by atoms with Crippen LogP contribution in [0.4, 0.5) is 4.39 Å². The summed E-state index contributed by atoms with van der Waals surface area (Å²) in [7, 11) is 0. The van der Waals surface area contributed by atoms with E-state index in [-0.39, 0.29) is 11.9 Å². The van der Waals surface area contributed by atoms with Crippen LogP contribution in [0.2, 0.25) is 5.02 Å². The van der Waals surface area contributed by atoms with E-state index in [1.807, 2.05) is 13.8 Å². The highest BCUT2D eigenvalue weighted by Gasteiger charge is 2.18. The van der Waals surface area contributed by atoms with E-state index < -0.39 is 0 Å². The Hall–Kier alpha value is -0.970. The summed E-state index contributed by atoms with van der Waals surface area (Å²) in [4.78, 5) is 5.74. The van der Waals surface area contributed by atoms with Crippen LogP contribution in [0.3, 0.4) is 0 Å². The second-order valence-corrected chi connectivity index (χ2v) is 6.77. The van der Waals surface area contributed by atoms with Gasteiger partial charge in [-0.3, -0.25) is 0 Å². The normalized spacial score (nSPS) is 12.6. The molecule has 1 aromatic carbocycles. The third kappa shape index (κ3) is 4.25. The van der Waals surface area contributed by atoms with Gasteiger partial charge < -0.3 is 5.32 Å². The number of hydrogen-bond donors (Lipinski definition) is 1. The third-order valence-corrected chi connectivity index (χ3v) is 4.87. The summed E-state index contributed by atoms with van der Waals surface area (Å²) in [6.45, 7) is 7.12. The Morgan fingerprint density at radius 3 is 2.71 bits per heavy atom. The smallest absolute Gasteiger partial charge is 0.124 e. The lowest BCUT2D eigenvalue weighted by molar-refractivity contribution is 0.533. The number of aromatic nitrogens is 1. The minimum Gasteiger partial charge on any atom is -0.309 e. The Bertz CT molecular complexity index is 612. The zero-order chi connectivity index (χ0) is 15.4. The van der Waals surface area contributed by atoms with E-state index in [0.717, 1.165) is 35.7 Å². The highest BCUT2D eigenvalue weighted by atomic mass is 35.5. The maximum absolute atomic E-state index is 13.2. The second-order valence-electron chi connectivity index (χ2n) is 5.13. The number of hydrogen-bond acceptors (Lipinski definition) is 3. The SMILES string of the molecule is CCCNC(Cc1ccc(F)cc1Cl)c1sc(C)nc1C. The molecule has 0 aliphatic carbocycles. The Kier molecular flexibility index (Phi) is 5.73. The van der Waals surface area contributed by atoms with E-state index >= 15 is 0 Å². The molecule has 0 spiro atoms. The van der Waals surface area contributed by atoms with Crippen molar-refractivity contribution in [2.24, 2.45) is 0 Å². The predicted molar refractivity (Wildman–Crippen MR) is 87.7 cm³/mol. The zero-order valence-corrected chi connectivity index (χ0v) is 14.1. The number of aryl methyl sites for hydroxylation is 2. The van der Waals surface area contributed by atoms with Crippen LogP contribution in [-0.4, -0.2) is 11.5 Å². The summed E-state index contributed by atoms with van der Waals surface area (Å²) in [6.07, 6.45) is 1.80. The zero-order valence-electron chi connectivity index (χ0n) is 12.5. The molecule has 2 aromatic rings. The minimum absolute atomic E-state index is 0.166. The fourth-order valence-corrected chi connectivity index (χ4v) is 3.60. The van der Waals surface area contributed by atoms with Crippen molar-refractivity contribution in [2.75, 3.05) is 6.54 Å². The standard InChI is InChI=1S/C16H20ClFN2S/c1-4-7-19-15(16-10(2)20-11(3)21-16)8-12-5-6-13(18)9-14(12)17/h5-6,9,15,19H,4,7-8H2,1-3H3. The molecule has 1 N–H and O–H groups in total. The third-order valence-electron chi connectivity index (χ3n) is 3.34. The number of halogens is 2. The molecule has 0 amide bonds. The topological polar surface area (TPSA) is 24.9 Å². The molecule has 5 heteroatoms. The molecule has 0 bridgehead atoms. The van der Waals surface area contributed by atoms with E-state index in [1.54, 1.807) is 17.4 Å². The highest BCUT2D eigenvalue weighted by molar-refractivity contribution is 7.11. The van der Waals surface area contributed by atoms with Gasteiger partial charge in [0.05, 0.1) is 10.7 Å². The monoisotopic (exact) mass is 326 g/mol. The van der Waals surface area contributed by atoms with E-state index in [0.29, 0.717) is 5.02 Å². The Morgan fingerprint density at radius 2 is 2.14 bits per heavy atom. The first-order valence-electron chi connectivity index (χ1n) is 7.12. The first-order chi connectivity index (χ1) is 10.0. The van der Waals surface area contributed by atoms with Crippen molar-refractivity contribution in [3.8, 4) is 0 Å². The molecule has 1 aromatic heterocycles. The van der Waals surface area contributed by atoms with Crippen molar-refractivity contribution < 1.29 is 4.39 Å². The van der Waals surface area contributed by atoms with Crippen LogP contribution in [0.1, 0.15) is 40.5 Å². The molecule has 21 heavy (non-hydrogen) atoms. The summed E-state index contributed by atoms with van der Waals surface area (Å²) < 4.78 is 13.2. The van der Waals surface area contributed by atoms with Crippen LogP contribution in [0.5, 0.6) is 0 Å². The molecular weight excluding hydrogens is 307 g/mol. The van der Waals surface area contributed by atoms with Gasteiger partial charge in [-0.25, -0.2) is 9.37 Å². The Balaban J connectivity index is 2.26. The van der Waals surface area contributed by atoms with Crippen LogP contribution in [0, 0.1) is 19.7 Å². The lowest BCUT2D eigenvalue weighted by Gasteiger charge is -2.18. The van der Waals surface area contributed by atoms with Gasteiger partial charge in [0.15, 0.2) is 0 Å². The number of rotatable bonds is 6. The molecule has 0 saturated heterocycles. The summed E-state index contributed by atoms with van der Waals surface area (Å²) in [5.41, 5.74) is 2.02. The maximum Gasteiger partial charge on any atom is 0.124 e. The molecule has 0 radical (unpaired) electrons. The average molecular weight is 327 g/mol. The van der Waals surface area contributed by atoms with Gasteiger partial charge in [-0.15, -0.1) is 11.3 Å². The Morgan fingerprint density at radius 1 is 1.38 bits per heavy atom. The van der Waals surface area contributed by atoms with Crippen LogP contribution in [-0.2, 0) is 6.42 Å². The van der Waals surface area contributed by atoms with Gasteiger partial charge in [0.25, 0.3) is 0 Å². The van der Waals surface area contributed by atoms with Gasteiger partial charge in [-0.2, -0.15) is 0 Å².